The van der Waals surface area contributed by atoms with Gasteiger partial charge in [0.05, 0.1) is 6.04 Å². The summed E-state index contributed by atoms with van der Waals surface area (Å²) in [6, 6.07) is 14.3. The van der Waals surface area contributed by atoms with Gasteiger partial charge in [0.15, 0.2) is 0 Å². The number of nitrogens with zero attached hydrogens (tertiary/aromatic N) is 1. The second-order valence-corrected chi connectivity index (χ2v) is 9.12. The summed E-state index contributed by atoms with van der Waals surface area (Å²) in [4.78, 5) is 13.1. The second-order valence-electron chi connectivity index (χ2n) is 9.12. The molecule has 1 saturated carbocycles. The maximum atomic E-state index is 13.1. The van der Waals surface area contributed by atoms with Gasteiger partial charge in [-0.2, -0.15) is 0 Å². The van der Waals surface area contributed by atoms with Crippen LogP contribution in [-0.2, 0) is 6.54 Å². The molecule has 0 bridgehead atoms. The van der Waals surface area contributed by atoms with Crippen LogP contribution in [0.5, 0.6) is 5.75 Å². The minimum absolute atomic E-state index is 0.0620. The number of hydrogen-bond acceptors (Lipinski definition) is 3. The summed E-state index contributed by atoms with van der Waals surface area (Å²) < 4.78 is 8.32. The van der Waals surface area contributed by atoms with Crippen molar-refractivity contribution in [3.05, 3.63) is 65.4 Å². The SMILES string of the molecule is Cc1ccc(OC2CNC2)cc1C(=O)N[C@H](C)c1cccc2c1ccn2CC1CCC1. The van der Waals surface area contributed by atoms with Gasteiger partial charge in [-0.1, -0.05) is 24.6 Å². The normalized spacial score (nSPS) is 17.7. The Morgan fingerprint density at radius 2 is 2.06 bits per heavy atom. The average molecular weight is 418 g/mol. The molecular formula is C26H31N3O2. The maximum absolute atomic E-state index is 13.1. The van der Waals surface area contributed by atoms with E-state index in [4.69, 9.17) is 4.74 Å². The van der Waals surface area contributed by atoms with E-state index in [0.29, 0.717) is 5.56 Å². The van der Waals surface area contributed by atoms with Crippen molar-refractivity contribution in [2.24, 2.45) is 5.92 Å². The van der Waals surface area contributed by atoms with Gasteiger partial charge in [0.25, 0.3) is 5.91 Å². The smallest absolute Gasteiger partial charge is 0.252 e. The molecule has 1 aromatic heterocycles. The minimum Gasteiger partial charge on any atom is -0.488 e. The van der Waals surface area contributed by atoms with Gasteiger partial charge in [-0.25, -0.2) is 0 Å². The zero-order valence-electron chi connectivity index (χ0n) is 18.4. The molecule has 5 nitrogen and oxygen atoms in total. The molecule has 31 heavy (non-hydrogen) atoms. The van der Waals surface area contributed by atoms with Crippen LogP contribution in [0.25, 0.3) is 10.9 Å². The first-order chi connectivity index (χ1) is 15.1. The summed E-state index contributed by atoms with van der Waals surface area (Å²) in [6.07, 6.45) is 6.43. The predicted molar refractivity (Wildman–Crippen MR) is 124 cm³/mol. The van der Waals surface area contributed by atoms with E-state index in [1.807, 2.05) is 25.1 Å². The molecular weight excluding hydrogens is 386 g/mol. The minimum atomic E-state index is -0.0874. The molecule has 0 radical (unpaired) electrons. The van der Waals surface area contributed by atoms with Gasteiger partial charge in [-0.05, 0) is 68.0 Å². The van der Waals surface area contributed by atoms with E-state index in [0.717, 1.165) is 42.4 Å². The molecule has 2 fully saturated rings. The number of hydrogen-bond donors (Lipinski definition) is 2. The number of fused-ring (bicyclic) bond motifs is 1. The number of nitrogens with one attached hydrogen (secondary N) is 2. The van der Waals surface area contributed by atoms with Crippen molar-refractivity contribution >= 4 is 16.8 Å². The van der Waals surface area contributed by atoms with Gasteiger partial charge in [0, 0.05) is 42.3 Å². The monoisotopic (exact) mass is 417 g/mol. The molecule has 0 spiro atoms. The zero-order valence-corrected chi connectivity index (χ0v) is 18.4. The molecule has 1 amide bonds. The van der Waals surface area contributed by atoms with Crippen LogP contribution >= 0.6 is 0 Å². The Bertz CT molecular complexity index is 1100. The van der Waals surface area contributed by atoms with E-state index in [9.17, 15) is 4.79 Å². The predicted octanol–water partition coefficient (Wildman–Crippen LogP) is 4.59. The summed E-state index contributed by atoms with van der Waals surface area (Å²) in [6.45, 7) is 6.84. The van der Waals surface area contributed by atoms with Crippen molar-refractivity contribution < 1.29 is 9.53 Å². The highest BCUT2D eigenvalue weighted by Gasteiger charge is 2.22. The average Bonchev–Trinajstić information content (AvgIpc) is 3.11. The lowest BCUT2D eigenvalue weighted by Gasteiger charge is -2.28. The quantitative estimate of drug-likeness (QED) is 0.591. The van der Waals surface area contributed by atoms with Gasteiger partial charge in [-0.15, -0.1) is 0 Å². The van der Waals surface area contributed by atoms with Gasteiger partial charge in [-0.3, -0.25) is 4.79 Å². The number of amides is 1. The number of carbonyl (C=O) groups is 1. The molecule has 1 aliphatic carbocycles. The van der Waals surface area contributed by atoms with E-state index in [2.05, 4.69) is 52.6 Å². The van der Waals surface area contributed by atoms with Crippen molar-refractivity contribution in [3.8, 4) is 5.75 Å². The van der Waals surface area contributed by atoms with Crippen LogP contribution in [-0.4, -0.2) is 29.7 Å². The Hall–Kier alpha value is -2.79. The Balaban J connectivity index is 1.33. The Labute approximate surface area is 183 Å². The van der Waals surface area contributed by atoms with E-state index in [1.54, 1.807) is 0 Å². The summed E-state index contributed by atoms with van der Waals surface area (Å²) >= 11 is 0. The van der Waals surface area contributed by atoms with Crippen molar-refractivity contribution in [2.75, 3.05) is 13.1 Å². The molecule has 0 unspecified atom stereocenters. The van der Waals surface area contributed by atoms with Crippen LogP contribution in [0.1, 0.15) is 53.7 Å². The Morgan fingerprint density at radius 3 is 2.77 bits per heavy atom. The molecule has 2 heterocycles. The highest BCUT2D eigenvalue weighted by molar-refractivity contribution is 5.96. The molecule has 5 rings (SSSR count). The third kappa shape index (κ3) is 4.07. The molecule has 1 saturated heterocycles. The second kappa shape index (κ2) is 8.39. The first kappa shape index (κ1) is 20.1. The molecule has 5 heteroatoms. The molecule has 2 aliphatic rings. The molecule has 2 aromatic carbocycles. The summed E-state index contributed by atoms with van der Waals surface area (Å²) in [5.41, 5.74) is 4.04. The fraction of sp³-hybridized carbons (Fsp3) is 0.423. The Kier molecular flexibility index (Phi) is 5.45. The summed E-state index contributed by atoms with van der Waals surface area (Å²) in [7, 11) is 0. The molecule has 3 aromatic rings. The van der Waals surface area contributed by atoms with E-state index < -0.39 is 0 Å². The first-order valence-corrected chi connectivity index (χ1v) is 11.4. The van der Waals surface area contributed by atoms with Crippen molar-refractivity contribution in [3.63, 3.8) is 0 Å². The highest BCUT2D eigenvalue weighted by Crippen LogP contribution is 2.31. The van der Waals surface area contributed by atoms with Crippen LogP contribution in [0, 0.1) is 12.8 Å². The number of benzene rings is 2. The fourth-order valence-corrected chi connectivity index (χ4v) is 4.55. The van der Waals surface area contributed by atoms with Gasteiger partial charge < -0.3 is 19.9 Å². The van der Waals surface area contributed by atoms with E-state index in [-0.39, 0.29) is 18.1 Å². The Morgan fingerprint density at radius 1 is 1.23 bits per heavy atom. The molecule has 1 aliphatic heterocycles. The topological polar surface area (TPSA) is 55.3 Å². The van der Waals surface area contributed by atoms with Crippen molar-refractivity contribution in [1.29, 1.82) is 0 Å². The number of rotatable bonds is 7. The summed E-state index contributed by atoms with van der Waals surface area (Å²) in [5.74, 6) is 1.50. The molecule has 1 atom stereocenters. The van der Waals surface area contributed by atoms with Gasteiger partial charge >= 0.3 is 0 Å². The van der Waals surface area contributed by atoms with Crippen molar-refractivity contribution in [2.45, 2.75) is 51.8 Å². The van der Waals surface area contributed by atoms with Gasteiger partial charge in [0.2, 0.25) is 0 Å². The van der Waals surface area contributed by atoms with Crippen molar-refractivity contribution in [1.82, 2.24) is 15.2 Å². The molecule has 162 valence electrons. The van der Waals surface area contributed by atoms with Crippen LogP contribution < -0.4 is 15.4 Å². The van der Waals surface area contributed by atoms with Crippen LogP contribution in [0.2, 0.25) is 0 Å². The van der Waals surface area contributed by atoms with Crippen LogP contribution in [0.3, 0.4) is 0 Å². The van der Waals surface area contributed by atoms with E-state index >= 15 is 0 Å². The largest absolute Gasteiger partial charge is 0.488 e. The third-order valence-electron chi connectivity index (χ3n) is 6.84. The van der Waals surface area contributed by atoms with E-state index in [1.165, 1.54) is 30.2 Å². The fourth-order valence-electron chi connectivity index (χ4n) is 4.55. The number of aryl methyl sites for hydroxylation is 1. The third-order valence-corrected chi connectivity index (χ3v) is 6.84. The number of ether oxygens (including phenoxy) is 1. The number of aromatic nitrogens is 1. The zero-order chi connectivity index (χ0) is 21.4. The van der Waals surface area contributed by atoms with Crippen LogP contribution in [0.4, 0.5) is 0 Å². The standard InChI is InChI=1S/C26H31N3O2/c1-17-9-10-20(31-21-14-27-15-21)13-24(17)26(30)28-18(2)22-7-4-8-25-23(22)11-12-29(25)16-19-5-3-6-19/h4,7-13,18-19,21,27H,3,5-6,14-16H2,1-2H3,(H,28,30)/t18-/m1/s1. The highest BCUT2D eigenvalue weighted by atomic mass is 16.5. The lowest BCUT2D eigenvalue weighted by Crippen LogP contribution is -2.50. The first-order valence-electron chi connectivity index (χ1n) is 11.4. The van der Waals surface area contributed by atoms with Crippen LogP contribution in [0.15, 0.2) is 48.7 Å². The lowest BCUT2D eigenvalue weighted by molar-refractivity contribution is 0.0937. The number of carbonyl (C=O) groups excluding carboxylic acids is 1. The maximum Gasteiger partial charge on any atom is 0.252 e. The lowest BCUT2D eigenvalue weighted by atomic mass is 9.85. The van der Waals surface area contributed by atoms with Gasteiger partial charge in [0.1, 0.15) is 11.9 Å². The summed E-state index contributed by atoms with van der Waals surface area (Å²) in [5, 5.41) is 7.63. The molecule has 2 N–H and O–H groups in total.